The third-order valence-electron chi connectivity index (χ3n) is 3.89. The molecule has 3 heterocycles. The standard InChI is InChI=1S/C17H16ClN5O/c18-12-2-1-3-13(10-12)21-17-16-14(19-11-20-17)4-5-15(22-16)23-6-8-24-9-7-23/h1-5,10-11H,6-9H2,(H,19,20,21). The van der Waals surface area contributed by atoms with Gasteiger partial charge in [0.15, 0.2) is 5.82 Å². The molecule has 0 saturated carbocycles. The number of halogens is 1. The Morgan fingerprint density at radius 2 is 1.96 bits per heavy atom. The molecule has 0 bridgehead atoms. The van der Waals surface area contributed by atoms with Gasteiger partial charge in [0, 0.05) is 23.8 Å². The predicted octanol–water partition coefficient (Wildman–Crippen LogP) is 3.26. The fourth-order valence-corrected chi connectivity index (χ4v) is 2.88. The van der Waals surface area contributed by atoms with Crippen LogP contribution in [0.2, 0.25) is 5.02 Å². The van der Waals surface area contributed by atoms with Crippen molar-refractivity contribution in [3.05, 3.63) is 47.7 Å². The predicted molar refractivity (Wildman–Crippen MR) is 95.1 cm³/mol. The number of hydrogen-bond donors (Lipinski definition) is 1. The van der Waals surface area contributed by atoms with Crippen LogP contribution in [0.3, 0.4) is 0 Å². The maximum Gasteiger partial charge on any atom is 0.160 e. The summed E-state index contributed by atoms with van der Waals surface area (Å²) in [6, 6.07) is 11.5. The molecule has 122 valence electrons. The van der Waals surface area contributed by atoms with Gasteiger partial charge in [0.1, 0.15) is 17.7 Å². The summed E-state index contributed by atoms with van der Waals surface area (Å²) < 4.78 is 5.40. The fourth-order valence-electron chi connectivity index (χ4n) is 2.69. The number of rotatable bonds is 3. The van der Waals surface area contributed by atoms with Crippen LogP contribution in [-0.4, -0.2) is 41.3 Å². The van der Waals surface area contributed by atoms with E-state index < -0.39 is 0 Å². The first-order chi connectivity index (χ1) is 11.8. The Hall–Kier alpha value is -2.44. The molecule has 1 saturated heterocycles. The Morgan fingerprint density at radius 1 is 1.08 bits per heavy atom. The number of hydrogen-bond acceptors (Lipinski definition) is 6. The van der Waals surface area contributed by atoms with E-state index in [-0.39, 0.29) is 0 Å². The first kappa shape index (κ1) is 15.1. The summed E-state index contributed by atoms with van der Waals surface area (Å²) >= 11 is 6.05. The largest absolute Gasteiger partial charge is 0.378 e. The summed E-state index contributed by atoms with van der Waals surface area (Å²) in [6.07, 6.45) is 1.53. The number of pyridine rings is 1. The van der Waals surface area contributed by atoms with E-state index in [0.29, 0.717) is 10.8 Å². The highest BCUT2D eigenvalue weighted by Gasteiger charge is 2.14. The summed E-state index contributed by atoms with van der Waals surface area (Å²) in [4.78, 5) is 15.6. The molecule has 6 nitrogen and oxygen atoms in total. The zero-order chi connectivity index (χ0) is 16.4. The number of nitrogens with one attached hydrogen (secondary N) is 1. The number of nitrogens with zero attached hydrogens (tertiary/aromatic N) is 4. The van der Waals surface area contributed by atoms with E-state index in [1.165, 1.54) is 6.33 Å². The van der Waals surface area contributed by atoms with Crippen LogP contribution in [0.1, 0.15) is 0 Å². The van der Waals surface area contributed by atoms with Gasteiger partial charge in [0.05, 0.1) is 18.7 Å². The average Bonchev–Trinajstić information content (AvgIpc) is 2.62. The van der Waals surface area contributed by atoms with Crippen molar-refractivity contribution in [3.63, 3.8) is 0 Å². The Bertz CT molecular complexity index is 866. The molecule has 24 heavy (non-hydrogen) atoms. The Labute approximate surface area is 144 Å². The second kappa shape index (κ2) is 6.59. The quantitative estimate of drug-likeness (QED) is 0.789. The van der Waals surface area contributed by atoms with Crippen molar-refractivity contribution < 1.29 is 4.74 Å². The molecule has 2 aromatic heterocycles. The zero-order valence-electron chi connectivity index (χ0n) is 12.9. The molecule has 1 aliphatic rings. The lowest BCUT2D eigenvalue weighted by Crippen LogP contribution is -2.36. The van der Waals surface area contributed by atoms with E-state index in [0.717, 1.165) is 48.8 Å². The highest BCUT2D eigenvalue weighted by Crippen LogP contribution is 2.25. The normalized spacial score (nSPS) is 14.8. The Kier molecular flexibility index (Phi) is 4.15. The minimum atomic E-state index is 0.664. The molecule has 0 radical (unpaired) electrons. The topological polar surface area (TPSA) is 63.2 Å². The fraction of sp³-hybridized carbons (Fsp3) is 0.235. The van der Waals surface area contributed by atoms with Crippen molar-refractivity contribution in [2.24, 2.45) is 0 Å². The van der Waals surface area contributed by atoms with Crippen molar-refractivity contribution in [1.29, 1.82) is 0 Å². The second-order valence-corrected chi connectivity index (χ2v) is 5.93. The second-order valence-electron chi connectivity index (χ2n) is 5.49. The number of fused-ring (bicyclic) bond motifs is 1. The van der Waals surface area contributed by atoms with E-state index in [2.05, 4.69) is 20.2 Å². The summed E-state index contributed by atoms with van der Waals surface area (Å²) in [7, 11) is 0. The summed E-state index contributed by atoms with van der Waals surface area (Å²) in [6.45, 7) is 3.11. The first-order valence-corrected chi connectivity index (χ1v) is 8.14. The Balaban J connectivity index is 1.71. The highest BCUT2D eigenvalue weighted by atomic mass is 35.5. The molecule has 3 aromatic rings. The van der Waals surface area contributed by atoms with Gasteiger partial charge in [-0.25, -0.2) is 15.0 Å². The Morgan fingerprint density at radius 3 is 2.79 bits per heavy atom. The molecule has 0 atom stereocenters. The van der Waals surface area contributed by atoms with Crippen molar-refractivity contribution in [2.75, 3.05) is 36.5 Å². The average molecular weight is 342 g/mol. The highest BCUT2D eigenvalue weighted by molar-refractivity contribution is 6.30. The van der Waals surface area contributed by atoms with Gasteiger partial charge in [-0.2, -0.15) is 0 Å². The van der Waals surface area contributed by atoms with Crippen LogP contribution in [0, 0.1) is 0 Å². The van der Waals surface area contributed by atoms with Crippen molar-refractivity contribution in [3.8, 4) is 0 Å². The lowest BCUT2D eigenvalue weighted by Gasteiger charge is -2.27. The molecule has 1 fully saturated rings. The van der Waals surface area contributed by atoms with Gasteiger partial charge in [-0.05, 0) is 30.3 Å². The van der Waals surface area contributed by atoms with Gasteiger partial charge >= 0.3 is 0 Å². The molecule has 0 amide bonds. The van der Waals surface area contributed by atoms with Gasteiger partial charge in [0.25, 0.3) is 0 Å². The van der Waals surface area contributed by atoms with Crippen LogP contribution in [0.4, 0.5) is 17.3 Å². The van der Waals surface area contributed by atoms with E-state index in [9.17, 15) is 0 Å². The monoisotopic (exact) mass is 341 g/mol. The number of benzene rings is 1. The minimum absolute atomic E-state index is 0.664. The molecule has 0 unspecified atom stereocenters. The van der Waals surface area contributed by atoms with E-state index >= 15 is 0 Å². The van der Waals surface area contributed by atoms with Gasteiger partial charge in [-0.15, -0.1) is 0 Å². The van der Waals surface area contributed by atoms with Crippen molar-refractivity contribution in [1.82, 2.24) is 15.0 Å². The third kappa shape index (κ3) is 3.11. The molecule has 4 rings (SSSR count). The number of aromatic nitrogens is 3. The number of anilines is 3. The number of morpholine rings is 1. The smallest absolute Gasteiger partial charge is 0.160 e. The number of ether oxygens (including phenoxy) is 1. The van der Waals surface area contributed by atoms with Crippen LogP contribution in [0.15, 0.2) is 42.7 Å². The molecule has 0 aliphatic carbocycles. The van der Waals surface area contributed by atoms with Crippen LogP contribution in [-0.2, 0) is 4.74 Å². The summed E-state index contributed by atoms with van der Waals surface area (Å²) in [5.74, 6) is 1.58. The molecular formula is C17H16ClN5O. The maximum absolute atomic E-state index is 6.05. The van der Waals surface area contributed by atoms with Crippen LogP contribution in [0.5, 0.6) is 0 Å². The molecule has 1 N–H and O–H groups in total. The van der Waals surface area contributed by atoms with E-state index in [1.807, 2.05) is 36.4 Å². The lowest BCUT2D eigenvalue weighted by molar-refractivity contribution is 0.122. The van der Waals surface area contributed by atoms with Crippen LogP contribution < -0.4 is 10.2 Å². The van der Waals surface area contributed by atoms with Crippen molar-refractivity contribution in [2.45, 2.75) is 0 Å². The van der Waals surface area contributed by atoms with Gasteiger partial charge in [-0.1, -0.05) is 17.7 Å². The molecule has 7 heteroatoms. The SMILES string of the molecule is Clc1cccc(Nc2ncnc3ccc(N4CCOCC4)nc23)c1. The minimum Gasteiger partial charge on any atom is -0.378 e. The maximum atomic E-state index is 6.05. The third-order valence-corrected chi connectivity index (χ3v) is 4.12. The van der Waals surface area contributed by atoms with E-state index in [4.69, 9.17) is 21.3 Å². The first-order valence-electron chi connectivity index (χ1n) is 7.77. The lowest BCUT2D eigenvalue weighted by atomic mass is 10.3. The summed E-state index contributed by atoms with van der Waals surface area (Å²) in [5.41, 5.74) is 2.40. The van der Waals surface area contributed by atoms with Gasteiger partial charge in [0.2, 0.25) is 0 Å². The van der Waals surface area contributed by atoms with Crippen LogP contribution >= 0.6 is 11.6 Å². The van der Waals surface area contributed by atoms with Gasteiger partial charge in [-0.3, -0.25) is 0 Å². The molecule has 0 spiro atoms. The molecule has 1 aliphatic heterocycles. The van der Waals surface area contributed by atoms with Crippen molar-refractivity contribution >= 4 is 40.0 Å². The zero-order valence-corrected chi connectivity index (χ0v) is 13.7. The van der Waals surface area contributed by atoms with E-state index in [1.54, 1.807) is 0 Å². The molecule has 1 aromatic carbocycles. The van der Waals surface area contributed by atoms with Crippen LogP contribution in [0.25, 0.3) is 11.0 Å². The van der Waals surface area contributed by atoms with Gasteiger partial charge < -0.3 is 15.0 Å². The molecular weight excluding hydrogens is 326 g/mol. The summed E-state index contributed by atoms with van der Waals surface area (Å²) in [5, 5.41) is 3.94.